The molecule has 80 valence electrons. The molecule has 2 N–H and O–H groups in total. The Labute approximate surface area is 95.1 Å². The van der Waals surface area contributed by atoms with Crippen LogP contribution in [-0.2, 0) is 10.2 Å². The van der Waals surface area contributed by atoms with E-state index in [1.165, 1.54) is 0 Å². The molecule has 0 amide bonds. The van der Waals surface area contributed by atoms with Gasteiger partial charge in [0.1, 0.15) is 0 Å². The zero-order chi connectivity index (χ0) is 11.1. The number of pyridine rings is 1. The van der Waals surface area contributed by atoms with E-state index < -0.39 is 17.5 Å². The van der Waals surface area contributed by atoms with Gasteiger partial charge in [0.15, 0.2) is 6.10 Å². The molecule has 1 atom stereocenters. The Morgan fingerprint density at radius 1 is 1.60 bits per heavy atom. The van der Waals surface area contributed by atoms with Crippen molar-refractivity contribution in [1.29, 1.82) is 0 Å². The molecule has 4 nitrogen and oxygen atoms in total. The van der Waals surface area contributed by atoms with E-state index in [1.54, 1.807) is 18.3 Å². The van der Waals surface area contributed by atoms with E-state index in [1.807, 2.05) is 0 Å². The predicted molar refractivity (Wildman–Crippen MR) is 56.5 cm³/mol. The second-order valence-electron chi connectivity index (χ2n) is 3.73. The first kappa shape index (κ1) is 10.6. The first-order chi connectivity index (χ1) is 7.08. The largest absolute Gasteiger partial charge is 0.479 e. The normalized spacial score (nSPS) is 19.6. The van der Waals surface area contributed by atoms with Crippen LogP contribution in [0.25, 0.3) is 0 Å². The highest BCUT2D eigenvalue weighted by Crippen LogP contribution is 2.52. The lowest BCUT2D eigenvalue weighted by atomic mass is 9.94. The summed E-state index contributed by atoms with van der Waals surface area (Å²) in [6.07, 6.45) is 1.56. The summed E-state index contributed by atoms with van der Waals surface area (Å²) in [5, 5.41) is 18.5. The second kappa shape index (κ2) is 3.57. The van der Waals surface area contributed by atoms with Gasteiger partial charge in [0.25, 0.3) is 0 Å². The van der Waals surface area contributed by atoms with Crippen molar-refractivity contribution in [2.24, 2.45) is 0 Å². The molecule has 0 radical (unpaired) electrons. The van der Waals surface area contributed by atoms with Crippen LogP contribution in [0, 0.1) is 0 Å². The minimum absolute atomic E-state index is 0.639. The van der Waals surface area contributed by atoms with Gasteiger partial charge in [0.05, 0.1) is 11.1 Å². The Bertz CT molecular complexity index is 403. The van der Waals surface area contributed by atoms with Crippen molar-refractivity contribution < 1.29 is 15.0 Å². The van der Waals surface area contributed by atoms with E-state index in [9.17, 15) is 9.90 Å². The lowest BCUT2D eigenvalue weighted by Crippen LogP contribution is -2.34. The lowest BCUT2D eigenvalue weighted by molar-refractivity contribution is -0.148. The quantitative estimate of drug-likeness (QED) is 0.870. The van der Waals surface area contributed by atoms with Crippen LogP contribution in [0.4, 0.5) is 0 Å². The van der Waals surface area contributed by atoms with E-state index in [0.717, 1.165) is 4.47 Å². The van der Waals surface area contributed by atoms with Gasteiger partial charge >= 0.3 is 5.97 Å². The molecule has 1 aromatic rings. The Hall–Kier alpha value is -0.940. The van der Waals surface area contributed by atoms with Crippen LogP contribution < -0.4 is 0 Å². The van der Waals surface area contributed by atoms with Crippen LogP contribution in [0.3, 0.4) is 0 Å². The molecular formula is C10H10BrNO3. The number of aromatic nitrogens is 1. The Morgan fingerprint density at radius 3 is 2.73 bits per heavy atom. The fourth-order valence-electron chi connectivity index (χ4n) is 1.76. The molecular weight excluding hydrogens is 262 g/mol. The molecule has 1 heterocycles. The first-order valence-electron chi connectivity index (χ1n) is 4.60. The number of hydrogen-bond acceptors (Lipinski definition) is 3. The number of halogens is 1. The summed E-state index contributed by atoms with van der Waals surface area (Å²) in [7, 11) is 0. The minimum Gasteiger partial charge on any atom is -0.479 e. The Kier molecular flexibility index (Phi) is 2.52. The maximum Gasteiger partial charge on any atom is 0.333 e. The number of aliphatic carboxylic acids is 1. The number of nitrogens with zero attached hydrogens (tertiary/aromatic N) is 1. The highest BCUT2D eigenvalue weighted by atomic mass is 79.9. The van der Waals surface area contributed by atoms with E-state index in [-0.39, 0.29) is 0 Å². The summed E-state index contributed by atoms with van der Waals surface area (Å²) in [5.41, 5.74) is -0.0498. The van der Waals surface area contributed by atoms with E-state index in [2.05, 4.69) is 20.9 Å². The average Bonchev–Trinajstić information content (AvgIpc) is 2.98. The Balaban J connectivity index is 2.39. The van der Waals surface area contributed by atoms with Gasteiger partial charge in [0, 0.05) is 10.7 Å². The topological polar surface area (TPSA) is 70.4 Å². The molecule has 0 spiro atoms. The van der Waals surface area contributed by atoms with E-state index in [0.29, 0.717) is 18.5 Å². The van der Waals surface area contributed by atoms with Gasteiger partial charge in [-0.1, -0.05) is 0 Å². The van der Waals surface area contributed by atoms with Crippen LogP contribution in [-0.4, -0.2) is 27.3 Å². The number of aliphatic hydroxyl groups excluding tert-OH is 1. The molecule has 5 heteroatoms. The van der Waals surface area contributed by atoms with E-state index >= 15 is 0 Å². The molecule has 0 aromatic carbocycles. The number of hydrogen-bond donors (Lipinski definition) is 2. The van der Waals surface area contributed by atoms with Gasteiger partial charge in [-0.3, -0.25) is 4.98 Å². The number of carboxylic acid groups (broad SMARTS) is 1. The number of rotatable bonds is 3. The molecule has 0 bridgehead atoms. The van der Waals surface area contributed by atoms with Crippen molar-refractivity contribution in [3.63, 3.8) is 0 Å². The summed E-state index contributed by atoms with van der Waals surface area (Å²) in [6, 6.07) is 3.56. The van der Waals surface area contributed by atoms with Crippen LogP contribution in [0.15, 0.2) is 22.8 Å². The van der Waals surface area contributed by atoms with Gasteiger partial charge < -0.3 is 10.2 Å². The maximum atomic E-state index is 10.8. The lowest BCUT2D eigenvalue weighted by Gasteiger charge is -2.19. The molecule has 0 aliphatic heterocycles. The number of carbonyl (C=O) groups is 1. The molecule has 1 aliphatic carbocycles. The summed E-state index contributed by atoms with van der Waals surface area (Å²) < 4.78 is 0.753. The monoisotopic (exact) mass is 271 g/mol. The van der Waals surface area contributed by atoms with Crippen molar-refractivity contribution >= 4 is 21.9 Å². The third kappa shape index (κ3) is 1.66. The average molecular weight is 272 g/mol. The smallest absolute Gasteiger partial charge is 0.333 e. The molecule has 1 aromatic heterocycles. The molecule has 2 rings (SSSR count). The third-order valence-electron chi connectivity index (χ3n) is 2.78. The Morgan fingerprint density at radius 2 is 2.27 bits per heavy atom. The zero-order valence-corrected chi connectivity index (χ0v) is 9.44. The number of aliphatic hydroxyl groups is 1. The first-order valence-corrected chi connectivity index (χ1v) is 5.39. The molecule has 0 saturated heterocycles. The minimum atomic E-state index is -1.37. The third-order valence-corrected chi connectivity index (χ3v) is 3.42. The van der Waals surface area contributed by atoms with Gasteiger partial charge in [-0.25, -0.2) is 4.79 Å². The predicted octanol–water partition coefficient (Wildman–Crippen LogP) is 1.32. The molecule has 1 aliphatic rings. The van der Waals surface area contributed by atoms with Crippen molar-refractivity contribution in [3.8, 4) is 0 Å². The van der Waals surface area contributed by atoms with Crippen molar-refractivity contribution in [3.05, 3.63) is 28.5 Å². The molecule has 1 unspecified atom stereocenters. The fourth-order valence-corrected chi connectivity index (χ4v) is 2.41. The summed E-state index contributed by atoms with van der Waals surface area (Å²) in [6.45, 7) is 0. The zero-order valence-electron chi connectivity index (χ0n) is 7.85. The van der Waals surface area contributed by atoms with E-state index in [4.69, 9.17) is 5.11 Å². The van der Waals surface area contributed by atoms with Crippen molar-refractivity contribution in [1.82, 2.24) is 4.98 Å². The SMILES string of the molecule is O=C(O)C(O)C1(c2ncccc2Br)CC1. The number of carboxylic acids is 1. The van der Waals surface area contributed by atoms with Gasteiger partial charge in [-0.05, 0) is 40.9 Å². The van der Waals surface area contributed by atoms with Crippen LogP contribution >= 0.6 is 15.9 Å². The summed E-state index contributed by atoms with van der Waals surface area (Å²) >= 11 is 3.32. The van der Waals surface area contributed by atoms with Crippen molar-refractivity contribution in [2.45, 2.75) is 24.4 Å². The summed E-state index contributed by atoms with van der Waals surface area (Å²) in [5.74, 6) is -1.19. The highest BCUT2D eigenvalue weighted by Gasteiger charge is 2.55. The van der Waals surface area contributed by atoms with Crippen LogP contribution in [0.2, 0.25) is 0 Å². The van der Waals surface area contributed by atoms with Gasteiger partial charge in [-0.15, -0.1) is 0 Å². The van der Waals surface area contributed by atoms with Crippen LogP contribution in [0.1, 0.15) is 18.5 Å². The molecule has 1 saturated carbocycles. The second-order valence-corrected chi connectivity index (χ2v) is 4.59. The van der Waals surface area contributed by atoms with Gasteiger partial charge in [0.2, 0.25) is 0 Å². The molecule has 15 heavy (non-hydrogen) atoms. The molecule has 1 fully saturated rings. The standard InChI is InChI=1S/C10H10BrNO3/c11-6-2-1-5-12-7(6)10(3-4-10)8(13)9(14)15/h1-2,5,8,13H,3-4H2,(H,14,15). The highest BCUT2D eigenvalue weighted by molar-refractivity contribution is 9.10. The van der Waals surface area contributed by atoms with Crippen molar-refractivity contribution in [2.75, 3.05) is 0 Å². The maximum absolute atomic E-state index is 10.8. The van der Waals surface area contributed by atoms with Crippen LogP contribution in [0.5, 0.6) is 0 Å². The fraction of sp³-hybridized carbons (Fsp3) is 0.400. The van der Waals surface area contributed by atoms with Gasteiger partial charge in [-0.2, -0.15) is 0 Å². The summed E-state index contributed by atoms with van der Waals surface area (Å²) in [4.78, 5) is 14.9.